The molecule has 1 N–H and O–H groups in total. The van der Waals surface area contributed by atoms with Gasteiger partial charge in [-0.2, -0.15) is 0 Å². The second-order valence-electron chi connectivity index (χ2n) is 4.32. The molecule has 0 amide bonds. The second kappa shape index (κ2) is 5.83. The zero-order valence-corrected chi connectivity index (χ0v) is 12.2. The van der Waals surface area contributed by atoms with Crippen LogP contribution in [0.25, 0.3) is 0 Å². The highest BCUT2D eigenvalue weighted by atomic mass is 35.5. The number of halogens is 2. The SMILES string of the molecule is COc1cc(C(O)c2ccc(C)cc2Cl)ccc1Cl. The minimum atomic E-state index is -0.806. The van der Waals surface area contributed by atoms with E-state index >= 15 is 0 Å². The number of aryl methyl sites for hydroxylation is 1. The van der Waals surface area contributed by atoms with Gasteiger partial charge in [-0.25, -0.2) is 0 Å². The molecule has 0 aromatic heterocycles. The van der Waals surface area contributed by atoms with Crippen LogP contribution in [0, 0.1) is 6.92 Å². The van der Waals surface area contributed by atoms with Crippen LogP contribution in [0.4, 0.5) is 0 Å². The number of methoxy groups -OCH3 is 1. The van der Waals surface area contributed by atoms with Crippen molar-refractivity contribution in [2.45, 2.75) is 13.0 Å². The smallest absolute Gasteiger partial charge is 0.137 e. The molecule has 0 spiro atoms. The van der Waals surface area contributed by atoms with Crippen LogP contribution in [0.5, 0.6) is 5.75 Å². The van der Waals surface area contributed by atoms with E-state index in [1.54, 1.807) is 18.2 Å². The number of aliphatic hydroxyl groups is 1. The summed E-state index contributed by atoms with van der Waals surface area (Å²) >= 11 is 12.1. The molecule has 0 saturated carbocycles. The molecule has 0 bridgehead atoms. The Bertz CT molecular complexity index is 597. The van der Waals surface area contributed by atoms with E-state index in [0.29, 0.717) is 26.9 Å². The van der Waals surface area contributed by atoms with E-state index in [4.69, 9.17) is 27.9 Å². The van der Waals surface area contributed by atoms with Gasteiger partial charge in [0.1, 0.15) is 11.9 Å². The molecule has 0 aliphatic rings. The van der Waals surface area contributed by atoms with E-state index in [-0.39, 0.29) is 0 Å². The van der Waals surface area contributed by atoms with E-state index < -0.39 is 6.10 Å². The number of benzene rings is 2. The predicted octanol–water partition coefficient (Wildman–Crippen LogP) is 4.39. The van der Waals surface area contributed by atoms with Crippen LogP contribution in [0.2, 0.25) is 10.0 Å². The average molecular weight is 297 g/mol. The molecule has 0 heterocycles. The van der Waals surface area contributed by atoms with Crippen molar-refractivity contribution in [1.29, 1.82) is 0 Å². The van der Waals surface area contributed by atoms with Crippen LogP contribution in [0.15, 0.2) is 36.4 Å². The fourth-order valence-corrected chi connectivity index (χ4v) is 2.41. The molecule has 0 radical (unpaired) electrons. The summed E-state index contributed by atoms with van der Waals surface area (Å²) in [6.45, 7) is 1.95. The molecule has 0 aliphatic carbocycles. The van der Waals surface area contributed by atoms with E-state index in [0.717, 1.165) is 5.56 Å². The van der Waals surface area contributed by atoms with Gasteiger partial charge in [0, 0.05) is 10.6 Å². The lowest BCUT2D eigenvalue weighted by Gasteiger charge is -2.15. The van der Waals surface area contributed by atoms with Crippen molar-refractivity contribution < 1.29 is 9.84 Å². The largest absolute Gasteiger partial charge is 0.495 e. The number of hydrogen-bond acceptors (Lipinski definition) is 2. The maximum Gasteiger partial charge on any atom is 0.137 e. The summed E-state index contributed by atoms with van der Waals surface area (Å²) in [4.78, 5) is 0. The predicted molar refractivity (Wildman–Crippen MR) is 78.3 cm³/mol. The molecular formula is C15H14Cl2O2. The topological polar surface area (TPSA) is 29.5 Å². The fourth-order valence-electron chi connectivity index (χ4n) is 1.88. The van der Waals surface area contributed by atoms with Crippen LogP contribution < -0.4 is 4.74 Å². The van der Waals surface area contributed by atoms with Crippen LogP contribution in [0.1, 0.15) is 22.8 Å². The second-order valence-corrected chi connectivity index (χ2v) is 5.14. The van der Waals surface area contributed by atoms with Gasteiger partial charge in [0.25, 0.3) is 0 Å². The molecule has 2 aromatic rings. The van der Waals surface area contributed by atoms with Gasteiger partial charge in [0.15, 0.2) is 0 Å². The quantitative estimate of drug-likeness (QED) is 0.910. The highest BCUT2D eigenvalue weighted by molar-refractivity contribution is 6.32. The zero-order valence-electron chi connectivity index (χ0n) is 10.7. The minimum Gasteiger partial charge on any atom is -0.495 e. The Balaban J connectivity index is 2.40. The van der Waals surface area contributed by atoms with Crippen LogP contribution in [0.3, 0.4) is 0 Å². The van der Waals surface area contributed by atoms with Crippen LogP contribution in [-0.2, 0) is 0 Å². The lowest BCUT2D eigenvalue weighted by Crippen LogP contribution is -2.01. The third-order valence-corrected chi connectivity index (χ3v) is 3.58. The molecule has 4 heteroatoms. The monoisotopic (exact) mass is 296 g/mol. The van der Waals surface area contributed by atoms with Gasteiger partial charge >= 0.3 is 0 Å². The molecular weight excluding hydrogens is 283 g/mol. The Morgan fingerprint density at radius 2 is 1.79 bits per heavy atom. The first kappa shape index (κ1) is 14.2. The van der Waals surface area contributed by atoms with Gasteiger partial charge in [-0.1, -0.05) is 41.4 Å². The summed E-state index contributed by atoms with van der Waals surface area (Å²) in [5.41, 5.74) is 2.40. The lowest BCUT2D eigenvalue weighted by molar-refractivity contribution is 0.220. The molecule has 1 atom stereocenters. The van der Waals surface area contributed by atoms with Gasteiger partial charge in [-0.05, 0) is 36.2 Å². The highest BCUT2D eigenvalue weighted by Gasteiger charge is 2.15. The Hall–Kier alpha value is -1.22. The highest BCUT2D eigenvalue weighted by Crippen LogP contribution is 2.33. The summed E-state index contributed by atoms with van der Waals surface area (Å²) in [6, 6.07) is 10.7. The summed E-state index contributed by atoms with van der Waals surface area (Å²) in [5, 5.41) is 11.4. The van der Waals surface area contributed by atoms with E-state index in [9.17, 15) is 5.11 Å². The molecule has 2 nitrogen and oxygen atoms in total. The van der Waals surface area contributed by atoms with Crippen LogP contribution in [-0.4, -0.2) is 12.2 Å². The van der Waals surface area contributed by atoms with Crippen molar-refractivity contribution in [1.82, 2.24) is 0 Å². The first-order valence-corrected chi connectivity index (χ1v) is 6.56. The molecule has 0 saturated heterocycles. The first-order valence-electron chi connectivity index (χ1n) is 5.80. The zero-order chi connectivity index (χ0) is 14.0. The number of ether oxygens (including phenoxy) is 1. The lowest BCUT2D eigenvalue weighted by atomic mass is 10.0. The molecule has 100 valence electrons. The summed E-state index contributed by atoms with van der Waals surface area (Å²) in [5.74, 6) is 0.529. The molecule has 19 heavy (non-hydrogen) atoms. The first-order chi connectivity index (χ1) is 9.02. The van der Waals surface area contributed by atoms with Crippen molar-refractivity contribution in [3.63, 3.8) is 0 Å². The van der Waals surface area contributed by atoms with E-state index in [1.165, 1.54) is 7.11 Å². The maximum absolute atomic E-state index is 10.4. The Kier molecular flexibility index (Phi) is 4.35. The van der Waals surface area contributed by atoms with Gasteiger partial charge in [-0.3, -0.25) is 0 Å². The normalized spacial score (nSPS) is 12.3. The fraction of sp³-hybridized carbons (Fsp3) is 0.200. The Morgan fingerprint density at radius 3 is 2.42 bits per heavy atom. The number of hydrogen-bond donors (Lipinski definition) is 1. The maximum atomic E-state index is 10.4. The number of aliphatic hydroxyl groups excluding tert-OH is 1. The number of rotatable bonds is 3. The van der Waals surface area contributed by atoms with Crippen molar-refractivity contribution >= 4 is 23.2 Å². The standard InChI is InChI=1S/C15H14Cl2O2/c1-9-3-5-11(13(17)7-9)15(18)10-4-6-12(16)14(8-10)19-2/h3-8,15,18H,1-2H3. The van der Waals surface area contributed by atoms with Crippen molar-refractivity contribution in [2.75, 3.05) is 7.11 Å². The Labute approximate surface area is 122 Å². The van der Waals surface area contributed by atoms with E-state index in [2.05, 4.69) is 0 Å². The van der Waals surface area contributed by atoms with Crippen molar-refractivity contribution in [3.05, 3.63) is 63.1 Å². The third-order valence-electron chi connectivity index (χ3n) is 2.94. The van der Waals surface area contributed by atoms with Gasteiger partial charge in [0.05, 0.1) is 12.1 Å². The summed E-state index contributed by atoms with van der Waals surface area (Å²) < 4.78 is 5.14. The third kappa shape index (κ3) is 3.03. The average Bonchev–Trinajstić information content (AvgIpc) is 2.38. The van der Waals surface area contributed by atoms with Crippen molar-refractivity contribution in [2.24, 2.45) is 0 Å². The molecule has 2 rings (SSSR count). The van der Waals surface area contributed by atoms with Crippen LogP contribution >= 0.6 is 23.2 Å². The molecule has 0 aliphatic heterocycles. The van der Waals surface area contributed by atoms with Gasteiger partial charge < -0.3 is 9.84 Å². The molecule has 2 aromatic carbocycles. The summed E-state index contributed by atoms with van der Waals surface area (Å²) in [6.07, 6.45) is -0.806. The Morgan fingerprint density at radius 1 is 1.05 bits per heavy atom. The summed E-state index contributed by atoms with van der Waals surface area (Å²) in [7, 11) is 1.54. The van der Waals surface area contributed by atoms with E-state index in [1.807, 2.05) is 25.1 Å². The minimum absolute atomic E-state index is 0.508. The molecule has 1 unspecified atom stereocenters. The molecule has 0 fully saturated rings. The van der Waals surface area contributed by atoms with Crippen molar-refractivity contribution in [3.8, 4) is 5.75 Å². The van der Waals surface area contributed by atoms with Gasteiger partial charge in [-0.15, -0.1) is 0 Å². The van der Waals surface area contributed by atoms with Gasteiger partial charge in [0.2, 0.25) is 0 Å².